The molecule has 0 spiro atoms. The third-order valence-corrected chi connectivity index (χ3v) is 18.7. The first-order valence-electron chi connectivity index (χ1n) is 40.5. The average molecular weight is 1290 g/mol. The molecule has 0 aliphatic carbocycles. The van der Waals surface area contributed by atoms with Crippen LogP contribution in [0.5, 0.6) is 0 Å². The monoisotopic (exact) mass is 1280 g/mol. The van der Waals surface area contributed by atoms with Crippen molar-refractivity contribution >= 4 is 17.9 Å². The van der Waals surface area contributed by atoms with Crippen LogP contribution >= 0.6 is 0 Å². The van der Waals surface area contributed by atoms with Crippen LogP contribution in [0.2, 0.25) is 0 Å². The van der Waals surface area contributed by atoms with Gasteiger partial charge in [-0.3, -0.25) is 9.59 Å². The van der Waals surface area contributed by atoms with Crippen molar-refractivity contribution in [2.45, 2.75) is 437 Å². The molecule has 0 fully saturated rings. The van der Waals surface area contributed by atoms with E-state index in [2.05, 4.69) is 38.2 Å². The minimum Gasteiger partial charge on any atom is -0.545 e. The number of hydrogen-bond acceptors (Lipinski definition) is 8. The van der Waals surface area contributed by atoms with Crippen molar-refractivity contribution in [1.29, 1.82) is 0 Å². The van der Waals surface area contributed by atoms with E-state index in [1.807, 2.05) is 21.1 Å². The summed E-state index contributed by atoms with van der Waals surface area (Å²) in [6.45, 7) is 4.83. The molecule has 9 nitrogen and oxygen atoms in total. The Morgan fingerprint density at radius 1 is 0.330 bits per heavy atom. The van der Waals surface area contributed by atoms with Crippen LogP contribution in [-0.4, -0.2) is 82.3 Å². The quantitative estimate of drug-likeness (QED) is 0.0195. The summed E-state index contributed by atoms with van der Waals surface area (Å²) >= 11 is 0. The molecule has 2 atom stereocenters. The van der Waals surface area contributed by atoms with E-state index >= 15 is 0 Å². The van der Waals surface area contributed by atoms with Gasteiger partial charge in [0.1, 0.15) is 13.2 Å². The van der Waals surface area contributed by atoms with Crippen molar-refractivity contribution in [3.8, 4) is 0 Å². The Morgan fingerprint density at radius 2 is 0.593 bits per heavy atom. The smallest absolute Gasteiger partial charge is 0.306 e. The predicted molar refractivity (Wildman–Crippen MR) is 390 cm³/mol. The van der Waals surface area contributed by atoms with E-state index in [0.717, 1.165) is 44.9 Å². The van der Waals surface area contributed by atoms with Crippen LogP contribution in [0.3, 0.4) is 0 Å². The van der Waals surface area contributed by atoms with Gasteiger partial charge in [-0.15, -0.1) is 0 Å². The Labute approximate surface area is 567 Å². The van der Waals surface area contributed by atoms with Crippen molar-refractivity contribution in [3.05, 3.63) is 24.3 Å². The number of rotatable bonds is 77. The van der Waals surface area contributed by atoms with E-state index in [1.165, 1.54) is 353 Å². The SMILES string of the molecule is CCCCCCC/C=C\C/C=C\CCCCCCCCCCCCCCCCCCCCCCCCCCCC(=O)OC(COC(=O)CCCCCCCCCCCCCCCCCCCCCCCCCCCCCCC)COC(OCC[N+](C)(C)C)C(=O)[O-]. The number of carbonyl (C=O) groups excluding carboxylic acids is 3. The van der Waals surface area contributed by atoms with Crippen LogP contribution in [-0.2, 0) is 33.3 Å². The second kappa shape index (κ2) is 73.6. The third-order valence-electron chi connectivity index (χ3n) is 18.7. The molecule has 0 saturated carbocycles. The summed E-state index contributed by atoms with van der Waals surface area (Å²) in [7, 11) is 5.96. The molecule has 0 saturated heterocycles. The number of aliphatic carboxylic acids is 1. The summed E-state index contributed by atoms with van der Waals surface area (Å²) in [5.74, 6) is -2.24. The van der Waals surface area contributed by atoms with E-state index in [1.54, 1.807) is 0 Å². The molecule has 0 aliphatic rings. The minimum absolute atomic E-state index is 0.152. The first-order chi connectivity index (χ1) is 44.6. The fourth-order valence-corrected chi connectivity index (χ4v) is 12.5. The Balaban J connectivity index is 3.95. The molecule has 91 heavy (non-hydrogen) atoms. The number of carboxylic acid groups (broad SMARTS) is 1. The predicted octanol–water partition coefficient (Wildman–Crippen LogP) is 24.4. The lowest BCUT2D eigenvalue weighted by Crippen LogP contribution is -2.44. The van der Waals surface area contributed by atoms with Gasteiger partial charge in [0.2, 0.25) is 0 Å². The number of nitrogens with zero attached hydrogens (tertiary/aromatic N) is 1. The number of carboxylic acids is 1. The molecule has 0 aliphatic heterocycles. The summed E-state index contributed by atoms with van der Waals surface area (Å²) in [6, 6.07) is 0. The Hall–Kier alpha value is -2.23. The number of quaternary nitrogens is 1. The first kappa shape index (κ1) is 88.8. The van der Waals surface area contributed by atoms with Crippen molar-refractivity contribution < 1.29 is 42.9 Å². The van der Waals surface area contributed by atoms with Crippen LogP contribution in [0, 0.1) is 0 Å². The lowest BCUT2D eigenvalue weighted by molar-refractivity contribution is -0.870. The van der Waals surface area contributed by atoms with Crippen LogP contribution in [0.25, 0.3) is 0 Å². The lowest BCUT2D eigenvalue weighted by atomic mass is 10.0. The number of ether oxygens (including phenoxy) is 4. The van der Waals surface area contributed by atoms with Gasteiger partial charge in [0.05, 0.1) is 40.3 Å². The van der Waals surface area contributed by atoms with E-state index in [4.69, 9.17) is 18.9 Å². The number of unbranched alkanes of at least 4 members (excludes halogenated alkanes) is 58. The Kier molecular flexibility index (Phi) is 71.8. The summed E-state index contributed by atoms with van der Waals surface area (Å²) < 4.78 is 22.9. The molecular formula is C82H157NO8. The lowest BCUT2D eigenvalue weighted by Gasteiger charge is -2.26. The van der Waals surface area contributed by atoms with Crippen LogP contribution in [0.15, 0.2) is 24.3 Å². The zero-order valence-electron chi connectivity index (χ0n) is 61.8. The molecule has 0 aromatic carbocycles. The van der Waals surface area contributed by atoms with Crippen LogP contribution in [0.1, 0.15) is 425 Å². The maximum Gasteiger partial charge on any atom is 0.306 e. The molecule has 0 amide bonds. The van der Waals surface area contributed by atoms with Gasteiger partial charge in [0.15, 0.2) is 12.4 Å². The molecule has 0 aromatic rings. The first-order valence-corrected chi connectivity index (χ1v) is 40.5. The summed E-state index contributed by atoms with van der Waals surface area (Å²) in [6.07, 6.45) is 90.3. The maximum absolute atomic E-state index is 13.0. The fraction of sp³-hybridized carbons (Fsp3) is 0.915. The number of hydrogen-bond donors (Lipinski definition) is 0. The van der Waals surface area contributed by atoms with Crippen molar-refractivity contribution in [1.82, 2.24) is 0 Å². The molecule has 0 radical (unpaired) electrons. The third kappa shape index (κ3) is 75.0. The van der Waals surface area contributed by atoms with Gasteiger partial charge in [-0.2, -0.15) is 0 Å². The maximum atomic E-state index is 13.0. The number of esters is 2. The second-order valence-corrected chi connectivity index (χ2v) is 29.1. The van der Waals surface area contributed by atoms with Crippen LogP contribution in [0.4, 0.5) is 0 Å². The van der Waals surface area contributed by atoms with Crippen LogP contribution < -0.4 is 5.11 Å². The van der Waals surface area contributed by atoms with Gasteiger partial charge in [-0.05, 0) is 44.9 Å². The van der Waals surface area contributed by atoms with Gasteiger partial charge in [0.25, 0.3) is 0 Å². The van der Waals surface area contributed by atoms with Crippen molar-refractivity contribution in [2.75, 3.05) is 47.5 Å². The molecule has 0 heterocycles. The molecule has 2 unspecified atom stereocenters. The molecule has 0 rings (SSSR count). The summed E-state index contributed by atoms with van der Waals surface area (Å²) in [4.78, 5) is 37.6. The van der Waals surface area contributed by atoms with Gasteiger partial charge >= 0.3 is 11.9 Å². The number of carbonyl (C=O) groups is 3. The van der Waals surface area contributed by atoms with Crippen molar-refractivity contribution in [2.24, 2.45) is 0 Å². The molecular weight excluding hydrogens is 1130 g/mol. The molecule has 0 aromatic heterocycles. The van der Waals surface area contributed by atoms with Gasteiger partial charge in [-0.25, -0.2) is 0 Å². The zero-order chi connectivity index (χ0) is 66.1. The molecule has 0 N–H and O–H groups in total. The largest absolute Gasteiger partial charge is 0.545 e. The number of likely N-dealkylation sites (N-methyl/N-ethyl adjacent to an activating group) is 1. The molecule has 9 heteroatoms. The number of allylic oxidation sites excluding steroid dienone is 4. The highest BCUT2D eigenvalue weighted by atomic mass is 16.7. The Morgan fingerprint density at radius 3 is 0.868 bits per heavy atom. The fourth-order valence-electron chi connectivity index (χ4n) is 12.5. The molecule has 538 valence electrons. The standard InChI is InChI=1S/C82H157NO8/c1-6-8-10-12-14-16-18-20-22-24-26-28-30-32-34-36-37-38-39-40-41-42-43-45-47-49-51-53-55-57-59-61-63-65-67-69-71-73-80(85)91-78(77-90-82(81(86)87)88-75-74-83(3,4)5)76-89-79(84)72-70-68-66-64-62-60-58-56-54-52-50-48-46-44-35-33-31-29-27-25-23-21-19-17-15-13-11-9-7-2/h18,20,24,26,78,82H,6-17,19,21-23,25,27-77H2,1-5H3/b20-18-,26-24-. The van der Waals surface area contributed by atoms with E-state index in [-0.39, 0.29) is 32.2 Å². The van der Waals surface area contributed by atoms with Gasteiger partial charge < -0.3 is 33.3 Å². The second-order valence-electron chi connectivity index (χ2n) is 29.1. The summed E-state index contributed by atoms with van der Waals surface area (Å²) in [5, 5.41) is 11.9. The van der Waals surface area contributed by atoms with Gasteiger partial charge in [0, 0.05) is 12.8 Å². The normalized spacial score (nSPS) is 12.7. The molecule has 0 bridgehead atoms. The summed E-state index contributed by atoms with van der Waals surface area (Å²) in [5.41, 5.74) is 0. The Bertz CT molecular complexity index is 1540. The minimum atomic E-state index is -1.62. The van der Waals surface area contributed by atoms with Gasteiger partial charge in [-0.1, -0.05) is 391 Å². The van der Waals surface area contributed by atoms with Crippen molar-refractivity contribution in [3.63, 3.8) is 0 Å². The zero-order valence-corrected chi connectivity index (χ0v) is 61.8. The van der Waals surface area contributed by atoms with E-state index in [9.17, 15) is 19.5 Å². The topological polar surface area (TPSA) is 111 Å². The van der Waals surface area contributed by atoms with E-state index in [0.29, 0.717) is 17.4 Å². The average Bonchev–Trinajstić information content (AvgIpc) is 3.50. The highest BCUT2D eigenvalue weighted by Gasteiger charge is 2.22. The van der Waals surface area contributed by atoms with E-state index < -0.39 is 24.3 Å². The highest BCUT2D eigenvalue weighted by molar-refractivity contribution is 5.70. The highest BCUT2D eigenvalue weighted by Crippen LogP contribution is 2.20.